The van der Waals surface area contributed by atoms with Crippen LogP contribution in [-0.2, 0) is 6.54 Å². The number of piperidine rings is 1. The SMILES string of the molecule is CNc1cc([C@H]2CC3(CCN2Cc2c(OC)cc(C)c4[nH]ccc24)CC(F)(F)C3)ccc1C(=O)O. The van der Waals surface area contributed by atoms with Gasteiger partial charge < -0.3 is 20.1 Å². The number of nitrogens with zero attached hydrogens (tertiary/aromatic N) is 1. The number of carboxylic acids is 1. The summed E-state index contributed by atoms with van der Waals surface area (Å²) in [5, 5.41) is 13.6. The maximum absolute atomic E-state index is 14.0. The number of anilines is 1. The fourth-order valence-electron chi connectivity index (χ4n) is 6.21. The van der Waals surface area contributed by atoms with Gasteiger partial charge in [0, 0.05) is 60.8 Å². The zero-order chi connectivity index (χ0) is 25.0. The second kappa shape index (κ2) is 8.52. The molecule has 6 nitrogen and oxygen atoms in total. The van der Waals surface area contributed by atoms with E-state index in [4.69, 9.17) is 4.74 Å². The number of alkyl halides is 2. The number of likely N-dealkylation sites (tertiary alicyclic amines) is 1. The predicted molar refractivity (Wildman–Crippen MR) is 132 cm³/mol. The van der Waals surface area contributed by atoms with E-state index in [1.807, 2.05) is 37.4 Å². The van der Waals surface area contributed by atoms with Crippen LogP contribution in [0.3, 0.4) is 0 Å². The fourth-order valence-corrected chi connectivity index (χ4v) is 6.21. The smallest absolute Gasteiger partial charge is 0.337 e. The molecule has 1 atom stereocenters. The van der Waals surface area contributed by atoms with E-state index >= 15 is 0 Å². The lowest BCUT2D eigenvalue weighted by Gasteiger charge is -2.54. The van der Waals surface area contributed by atoms with Gasteiger partial charge in [0.15, 0.2) is 0 Å². The Kier molecular flexibility index (Phi) is 5.74. The Morgan fingerprint density at radius 2 is 2.06 bits per heavy atom. The monoisotopic (exact) mass is 483 g/mol. The fraction of sp³-hybridized carbons (Fsp3) is 0.444. The third kappa shape index (κ3) is 4.14. The quantitative estimate of drug-likeness (QED) is 0.402. The molecule has 0 radical (unpaired) electrons. The minimum absolute atomic E-state index is 0.0770. The molecular formula is C27H31F2N3O3. The van der Waals surface area contributed by atoms with Crippen molar-refractivity contribution in [2.45, 2.75) is 51.1 Å². The Balaban J connectivity index is 1.54. The number of fused-ring (bicyclic) bond motifs is 1. The van der Waals surface area contributed by atoms with Gasteiger partial charge in [-0.2, -0.15) is 0 Å². The lowest BCUT2D eigenvalue weighted by atomic mass is 9.59. The van der Waals surface area contributed by atoms with E-state index in [9.17, 15) is 18.7 Å². The lowest BCUT2D eigenvalue weighted by Crippen LogP contribution is -2.53. The Hall–Kier alpha value is -3.13. The second-order valence-electron chi connectivity index (χ2n) is 10.2. The van der Waals surface area contributed by atoms with Crippen LogP contribution in [0.1, 0.15) is 58.8 Å². The number of aromatic amines is 1. The summed E-state index contributed by atoms with van der Waals surface area (Å²) in [4.78, 5) is 17.3. The largest absolute Gasteiger partial charge is 0.496 e. The molecule has 186 valence electrons. The van der Waals surface area contributed by atoms with Gasteiger partial charge in [-0.3, -0.25) is 4.90 Å². The van der Waals surface area contributed by atoms with Crippen molar-refractivity contribution in [2.24, 2.45) is 5.41 Å². The van der Waals surface area contributed by atoms with Crippen LogP contribution in [-0.4, -0.2) is 47.6 Å². The first-order valence-electron chi connectivity index (χ1n) is 12.0. The molecule has 1 aliphatic heterocycles. The summed E-state index contributed by atoms with van der Waals surface area (Å²) in [5.74, 6) is -2.79. The number of carbonyl (C=O) groups is 1. The minimum atomic E-state index is -2.59. The van der Waals surface area contributed by atoms with Gasteiger partial charge in [0.25, 0.3) is 0 Å². The topological polar surface area (TPSA) is 77.6 Å². The van der Waals surface area contributed by atoms with E-state index in [1.165, 1.54) is 0 Å². The number of aryl methyl sites for hydroxylation is 1. The third-order valence-corrected chi connectivity index (χ3v) is 7.88. The predicted octanol–water partition coefficient (Wildman–Crippen LogP) is 5.98. The highest BCUT2D eigenvalue weighted by Crippen LogP contribution is 2.60. The molecule has 8 heteroatoms. The van der Waals surface area contributed by atoms with Crippen LogP contribution in [0.5, 0.6) is 5.75 Å². The summed E-state index contributed by atoms with van der Waals surface area (Å²) < 4.78 is 33.7. The van der Waals surface area contributed by atoms with Crippen LogP contribution < -0.4 is 10.1 Å². The minimum Gasteiger partial charge on any atom is -0.496 e. The molecule has 2 fully saturated rings. The number of carboxylic acid groups (broad SMARTS) is 1. The average Bonchev–Trinajstić information content (AvgIpc) is 3.30. The molecule has 0 bridgehead atoms. The van der Waals surface area contributed by atoms with Crippen LogP contribution in [0, 0.1) is 12.3 Å². The standard InChI is InChI=1S/C27H31F2N3O3/c1-16-10-23(35-3)20(18-6-8-31-24(16)18)13-32-9-7-26(14-27(28,29)15-26)12-22(32)17-4-5-19(25(33)34)21(11-17)30-2/h4-6,8,10-11,22,30-31H,7,9,12-15H2,1-3H3,(H,33,34)/t22-/m1/s1. The Morgan fingerprint density at radius 3 is 2.71 bits per heavy atom. The van der Waals surface area contributed by atoms with Gasteiger partial charge in [0.1, 0.15) is 5.75 Å². The van der Waals surface area contributed by atoms with Crippen molar-refractivity contribution in [1.82, 2.24) is 9.88 Å². The van der Waals surface area contributed by atoms with Gasteiger partial charge in [-0.05, 0) is 67.1 Å². The van der Waals surface area contributed by atoms with E-state index in [0.717, 1.165) is 39.8 Å². The van der Waals surface area contributed by atoms with Crippen molar-refractivity contribution in [3.8, 4) is 5.75 Å². The summed E-state index contributed by atoms with van der Waals surface area (Å²) in [6.07, 6.45) is 3.10. The van der Waals surface area contributed by atoms with Crippen molar-refractivity contribution in [3.05, 3.63) is 58.8 Å². The van der Waals surface area contributed by atoms with Crippen LogP contribution >= 0.6 is 0 Å². The molecule has 1 aliphatic carbocycles. The highest BCUT2D eigenvalue weighted by molar-refractivity contribution is 5.94. The normalized spacial score (nSPS) is 21.1. The number of nitrogens with one attached hydrogen (secondary N) is 2. The first-order valence-corrected chi connectivity index (χ1v) is 12.0. The summed E-state index contributed by atoms with van der Waals surface area (Å²) >= 11 is 0. The molecule has 2 heterocycles. The maximum atomic E-state index is 14.0. The molecule has 3 aromatic rings. The van der Waals surface area contributed by atoms with E-state index < -0.39 is 11.9 Å². The molecule has 3 N–H and O–H groups in total. The number of aromatic carboxylic acids is 1. The lowest BCUT2D eigenvalue weighted by molar-refractivity contribution is -0.186. The number of hydrogen-bond acceptors (Lipinski definition) is 4. The molecule has 35 heavy (non-hydrogen) atoms. The first kappa shape index (κ1) is 23.6. The van der Waals surface area contributed by atoms with E-state index in [-0.39, 0.29) is 29.9 Å². The molecule has 1 spiro atoms. The van der Waals surface area contributed by atoms with E-state index in [1.54, 1.807) is 20.2 Å². The van der Waals surface area contributed by atoms with Gasteiger partial charge in [-0.25, -0.2) is 13.6 Å². The number of aromatic nitrogens is 1. The molecule has 1 saturated heterocycles. The molecule has 2 aliphatic rings. The zero-order valence-electron chi connectivity index (χ0n) is 20.3. The molecule has 1 saturated carbocycles. The van der Waals surface area contributed by atoms with Crippen molar-refractivity contribution in [3.63, 3.8) is 0 Å². The van der Waals surface area contributed by atoms with Gasteiger partial charge >= 0.3 is 5.97 Å². The summed E-state index contributed by atoms with van der Waals surface area (Å²) in [7, 11) is 3.36. The Bertz CT molecular complexity index is 1280. The number of benzene rings is 2. The summed E-state index contributed by atoms with van der Waals surface area (Å²) in [6, 6.07) is 9.26. The van der Waals surface area contributed by atoms with Crippen molar-refractivity contribution >= 4 is 22.6 Å². The van der Waals surface area contributed by atoms with Crippen LogP contribution in [0.15, 0.2) is 36.5 Å². The summed E-state index contributed by atoms with van der Waals surface area (Å²) in [6.45, 7) is 3.32. The molecule has 0 amide bonds. The first-order chi connectivity index (χ1) is 16.6. The number of hydrogen-bond donors (Lipinski definition) is 3. The van der Waals surface area contributed by atoms with Gasteiger partial charge in [-0.15, -0.1) is 0 Å². The number of H-pyrrole nitrogens is 1. The second-order valence-corrected chi connectivity index (χ2v) is 10.2. The molecular weight excluding hydrogens is 452 g/mol. The van der Waals surface area contributed by atoms with Crippen molar-refractivity contribution < 1.29 is 23.4 Å². The zero-order valence-corrected chi connectivity index (χ0v) is 20.3. The highest BCUT2D eigenvalue weighted by Gasteiger charge is 2.58. The number of ether oxygens (including phenoxy) is 1. The molecule has 2 aromatic carbocycles. The third-order valence-electron chi connectivity index (χ3n) is 7.88. The molecule has 1 aromatic heterocycles. The van der Waals surface area contributed by atoms with Gasteiger partial charge in [-0.1, -0.05) is 6.07 Å². The van der Waals surface area contributed by atoms with Crippen LogP contribution in [0.25, 0.3) is 10.9 Å². The maximum Gasteiger partial charge on any atom is 0.337 e. The number of methoxy groups -OCH3 is 1. The highest BCUT2D eigenvalue weighted by atomic mass is 19.3. The average molecular weight is 484 g/mol. The number of rotatable bonds is 6. The van der Waals surface area contributed by atoms with Crippen LogP contribution in [0.4, 0.5) is 14.5 Å². The number of halogens is 2. The van der Waals surface area contributed by atoms with Crippen molar-refractivity contribution in [1.29, 1.82) is 0 Å². The Labute approximate surface area is 203 Å². The Morgan fingerprint density at radius 1 is 1.29 bits per heavy atom. The van der Waals surface area contributed by atoms with Crippen LogP contribution in [0.2, 0.25) is 0 Å². The van der Waals surface area contributed by atoms with E-state index in [2.05, 4.69) is 15.2 Å². The van der Waals surface area contributed by atoms with Crippen molar-refractivity contribution in [2.75, 3.05) is 26.0 Å². The molecule has 5 rings (SSSR count). The van der Waals surface area contributed by atoms with Gasteiger partial charge in [0.05, 0.1) is 12.7 Å². The van der Waals surface area contributed by atoms with E-state index in [0.29, 0.717) is 25.2 Å². The molecule has 0 unspecified atom stereocenters. The van der Waals surface area contributed by atoms with Gasteiger partial charge in [0.2, 0.25) is 5.92 Å². The summed E-state index contributed by atoms with van der Waals surface area (Å²) in [5.41, 5.74) is 4.49.